The van der Waals surface area contributed by atoms with Gasteiger partial charge in [-0.1, -0.05) is 11.8 Å². The van der Waals surface area contributed by atoms with Crippen LogP contribution in [-0.2, 0) is 11.2 Å². The van der Waals surface area contributed by atoms with Crippen LogP contribution in [0.4, 0.5) is 5.69 Å². The first-order valence-electron chi connectivity index (χ1n) is 13.4. The lowest BCUT2D eigenvalue weighted by molar-refractivity contribution is 0.0531. The highest BCUT2D eigenvalue weighted by Crippen LogP contribution is 2.34. The lowest BCUT2D eigenvalue weighted by Crippen LogP contribution is -2.46. The first kappa shape index (κ1) is 27.3. The summed E-state index contributed by atoms with van der Waals surface area (Å²) in [5, 5.41) is 10.4. The van der Waals surface area contributed by atoms with Crippen molar-refractivity contribution in [1.29, 1.82) is 5.26 Å². The number of hydrogen-bond acceptors (Lipinski definition) is 8. The van der Waals surface area contributed by atoms with Gasteiger partial charge in [0.05, 0.1) is 23.9 Å². The Bertz CT molecular complexity index is 1460. The number of benzene rings is 2. The summed E-state index contributed by atoms with van der Waals surface area (Å²) in [5.41, 5.74) is 5.10. The molecule has 3 heterocycles. The van der Waals surface area contributed by atoms with Gasteiger partial charge in [-0.3, -0.25) is 4.90 Å². The van der Waals surface area contributed by atoms with E-state index in [4.69, 9.17) is 4.74 Å². The number of ether oxygens (including phenoxy) is 1. The number of unbranched alkanes of at least 4 members (excludes halogenated alkanes) is 1. The van der Waals surface area contributed by atoms with Crippen LogP contribution in [0.25, 0.3) is 10.9 Å². The number of fused-ring (bicyclic) bond motifs is 1. The highest BCUT2D eigenvalue weighted by atomic mass is 32.2. The van der Waals surface area contributed by atoms with Gasteiger partial charge in [0, 0.05) is 53.9 Å². The van der Waals surface area contributed by atoms with Gasteiger partial charge in [0.15, 0.2) is 4.34 Å². The van der Waals surface area contributed by atoms with Crippen molar-refractivity contribution in [1.82, 2.24) is 14.9 Å². The van der Waals surface area contributed by atoms with E-state index in [-0.39, 0.29) is 5.97 Å². The minimum atomic E-state index is -0.293. The quantitative estimate of drug-likeness (QED) is 0.181. The van der Waals surface area contributed by atoms with Crippen molar-refractivity contribution < 1.29 is 9.53 Å². The van der Waals surface area contributed by atoms with Gasteiger partial charge in [0.25, 0.3) is 0 Å². The number of anilines is 1. The minimum Gasteiger partial charge on any atom is -0.462 e. The Morgan fingerprint density at radius 1 is 1.15 bits per heavy atom. The summed E-state index contributed by atoms with van der Waals surface area (Å²) < 4.78 is 5.98. The molecule has 0 bridgehead atoms. The average Bonchev–Trinajstić information content (AvgIpc) is 3.54. The molecule has 202 valence electrons. The Morgan fingerprint density at radius 2 is 1.95 bits per heavy atom. The van der Waals surface area contributed by atoms with E-state index in [0.29, 0.717) is 17.0 Å². The number of aryl methyl sites for hydroxylation is 2. The Kier molecular flexibility index (Phi) is 8.87. The minimum absolute atomic E-state index is 0.293. The number of nitriles is 1. The Balaban J connectivity index is 1.06. The molecular formula is C30H33N5O2S2. The van der Waals surface area contributed by atoms with Gasteiger partial charge in [-0.2, -0.15) is 5.26 Å². The molecule has 0 radical (unpaired) electrons. The van der Waals surface area contributed by atoms with Crippen molar-refractivity contribution in [2.45, 2.75) is 42.3 Å². The third-order valence-electron chi connectivity index (χ3n) is 7.08. The van der Waals surface area contributed by atoms with E-state index in [1.807, 2.05) is 32.0 Å². The van der Waals surface area contributed by atoms with Crippen molar-refractivity contribution in [2.75, 3.05) is 44.2 Å². The van der Waals surface area contributed by atoms with E-state index in [0.717, 1.165) is 66.0 Å². The van der Waals surface area contributed by atoms with Gasteiger partial charge in [-0.15, -0.1) is 11.3 Å². The van der Waals surface area contributed by atoms with Gasteiger partial charge in [-0.05, 0) is 87.7 Å². The molecule has 2 aromatic carbocycles. The summed E-state index contributed by atoms with van der Waals surface area (Å²) in [7, 11) is 0. The molecule has 4 aromatic rings. The number of H-pyrrole nitrogens is 1. The third kappa shape index (κ3) is 6.64. The smallest absolute Gasteiger partial charge is 0.350 e. The fourth-order valence-electron chi connectivity index (χ4n) is 4.96. The summed E-state index contributed by atoms with van der Waals surface area (Å²) in [6.07, 6.45) is 5.44. The van der Waals surface area contributed by atoms with Gasteiger partial charge in [0.1, 0.15) is 4.88 Å². The molecule has 39 heavy (non-hydrogen) atoms. The van der Waals surface area contributed by atoms with Crippen LogP contribution in [0.15, 0.2) is 57.9 Å². The van der Waals surface area contributed by atoms with Gasteiger partial charge < -0.3 is 14.6 Å². The van der Waals surface area contributed by atoms with Crippen molar-refractivity contribution in [3.63, 3.8) is 0 Å². The highest BCUT2D eigenvalue weighted by Gasteiger charge is 2.19. The molecule has 0 atom stereocenters. The summed E-state index contributed by atoms with van der Waals surface area (Å²) in [6, 6.07) is 16.7. The van der Waals surface area contributed by atoms with Crippen LogP contribution in [0.2, 0.25) is 0 Å². The number of rotatable bonds is 10. The molecule has 0 spiro atoms. The molecule has 5 rings (SSSR count). The monoisotopic (exact) mass is 559 g/mol. The number of hydrogen-bond donors (Lipinski definition) is 1. The standard InChI is InChI=1S/C30H33N5O2S2/c1-3-37-29(36)28-21(2)33-30(39-28)38-25-10-8-24(9-11-25)35-16-14-34(15-17-35)13-5-4-6-23-20-32-27-12-7-22(19-31)18-26(23)27/h7-12,18,20,32H,3-6,13-17H2,1-2H3. The van der Waals surface area contributed by atoms with Crippen LogP contribution < -0.4 is 4.90 Å². The molecule has 2 aromatic heterocycles. The lowest BCUT2D eigenvalue weighted by atomic mass is 10.1. The Morgan fingerprint density at radius 3 is 2.69 bits per heavy atom. The highest BCUT2D eigenvalue weighted by molar-refractivity contribution is 8.01. The zero-order valence-electron chi connectivity index (χ0n) is 22.4. The molecule has 1 aliphatic rings. The van der Waals surface area contributed by atoms with E-state index >= 15 is 0 Å². The van der Waals surface area contributed by atoms with Crippen LogP contribution in [0.3, 0.4) is 0 Å². The fraction of sp³-hybridized carbons (Fsp3) is 0.367. The zero-order valence-corrected chi connectivity index (χ0v) is 24.0. The van der Waals surface area contributed by atoms with Crippen molar-refractivity contribution in [2.24, 2.45) is 0 Å². The SMILES string of the molecule is CCOC(=O)c1sc(Sc2ccc(N3CCN(CCCCc4c[nH]c5ccc(C#N)cc45)CC3)cc2)nc1C. The molecular weight excluding hydrogens is 526 g/mol. The predicted molar refractivity (Wildman–Crippen MR) is 158 cm³/mol. The number of nitrogens with zero attached hydrogens (tertiary/aromatic N) is 4. The topological polar surface area (TPSA) is 85.2 Å². The van der Waals surface area contributed by atoms with E-state index in [9.17, 15) is 10.1 Å². The second-order valence-electron chi connectivity index (χ2n) is 9.68. The second kappa shape index (κ2) is 12.7. The van der Waals surface area contributed by atoms with Crippen LogP contribution in [-0.4, -0.2) is 60.2 Å². The van der Waals surface area contributed by atoms with Crippen LogP contribution >= 0.6 is 23.1 Å². The Labute approximate surface area is 237 Å². The second-order valence-corrected chi connectivity index (χ2v) is 12.0. The number of esters is 1. The van der Waals surface area contributed by atoms with Crippen molar-refractivity contribution in [3.05, 3.63) is 70.4 Å². The number of carbonyl (C=O) groups excluding carboxylic acids is 1. The van der Waals surface area contributed by atoms with E-state index in [2.05, 4.69) is 56.3 Å². The van der Waals surface area contributed by atoms with Crippen LogP contribution in [0.1, 0.15) is 46.3 Å². The number of aromatic nitrogens is 2. The van der Waals surface area contributed by atoms with Crippen LogP contribution in [0.5, 0.6) is 0 Å². The summed E-state index contributed by atoms with van der Waals surface area (Å²) in [6.45, 7) is 9.36. The summed E-state index contributed by atoms with van der Waals surface area (Å²) in [4.78, 5) is 26.7. The average molecular weight is 560 g/mol. The first-order valence-corrected chi connectivity index (χ1v) is 15.1. The number of nitrogens with one attached hydrogen (secondary N) is 1. The lowest BCUT2D eigenvalue weighted by Gasteiger charge is -2.36. The van der Waals surface area contributed by atoms with E-state index in [1.54, 1.807) is 11.8 Å². The zero-order chi connectivity index (χ0) is 27.2. The molecule has 1 N–H and O–H groups in total. The molecule has 1 fully saturated rings. The first-order chi connectivity index (χ1) is 19.0. The maximum atomic E-state index is 12.1. The number of piperazine rings is 1. The van der Waals surface area contributed by atoms with Crippen molar-refractivity contribution in [3.8, 4) is 6.07 Å². The Hall–Kier alpha value is -3.32. The maximum Gasteiger partial charge on any atom is 0.350 e. The summed E-state index contributed by atoms with van der Waals surface area (Å²) in [5.74, 6) is -0.293. The number of carbonyl (C=O) groups is 1. The molecule has 7 nitrogen and oxygen atoms in total. The van der Waals surface area contributed by atoms with Gasteiger partial charge in [-0.25, -0.2) is 9.78 Å². The summed E-state index contributed by atoms with van der Waals surface area (Å²) >= 11 is 2.97. The molecule has 0 saturated carbocycles. The molecule has 0 aliphatic carbocycles. The molecule has 0 amide bonds. The van der Waals surface area contributed by atoms with Crippen LogP contribution in [0, 0.1) is 18.3 Å². The third-order valence-corrected chi connectivity index (χ3v) is 9.29. The molecule has 0 unspecified atom stereocenters. The molecule has 1 saturated heterocycles. The van der Waals surface area contributed by atoms with Gasteiger partial charge >= 0.3 is 5.97 Å². The van der Waals surface area contributed by atoms with Gasteiger partial charge in [0.2, 0.25) is 0 Å². The maximum absolute atomic E-state index is 12.1. The van der Waals surface area contributed by atoms with Crippen molar-refractivity contribution >= 4 is 45.7 Å². The van der Waals surface area contributed by atoms with E-state index < -0.39 is 0 Å². The molecule has 9 heteroatoms. The molecule has 1 aliphatic heterocycles. The fourth-order valence-corrected chi connectivity index (χ4v) is 7.02. The largest absolute Gasteiger partial charge is 0.462 e. The predicted octanol–water partition coefficient (Wildman–Crippen LogP) is 6.28. The number of thiazole rings is 1. The normalized spacial score (nSPS) is 14.0. The van der Waals surface area contributed by atoms with E-state index in [1.165, 1.54) is 34.4 Å². The number of aromatic amines is 1.